The molecule has 1 saturated heterocycles. The van der Waals surface area contributed by atoms with E-state index in [4.69, 9.17) is 20.2 Å². The van der Waals surface area contributed by atoms with E-state index in [1.54, 1.807) is 12.3 Å². The molecule has 0 saturated carbocycles. The molecule has 1 aliphatic heterocycles. The number of aliphatic carboxylic acids is 1. The number of nitrogens with zero attached hydrogens (tertiary/aromatic N) is 3. The minimum absolute atomic E-state index is 0.0725. The van der Waals surface area contributed by atoms with E-state index < -0.39 is 40.7 Å². The highest BCUT2D eigenvalue weighted by molar-refractivity contribution is 7.74. The number of hydrogen-bond acceptors (Lipinski definition) is 13. The highest BCUT2D eigenvalue weighted by atomic mass is 32.1. The molecule has 1 fully saturated rings. The summed E-state index contributed by atoms with van der Waals surface area (Å²) in [5.41, 5.74) is 4.60. The van der Waals surface area contributed by atoms with E-state index in [0.29, 0.717) is 22.9 Å². The molecule has 18 heteroatoms. The van der Waals surface area contributed by atoms with Crippen molar-refractivity contribution in [2.45, 2.75) is 38.5 Å². The Hall–Kier alpha value is -4.16. The number of aromatic nitrogens is 2. The van der Waals surface area contributed by atoms with Crippen LogP contribution < -0.4 is 27.1 Å². The number of thiazole rings is 1. The Balaban J connectivity index is 0.000000379. The minimum Gasteiger partial charge on any atom is -0.503 e. The van der Waals surface area contributed by atoms with Crippen molar-refractivity contribution in [1.29, 1.82) is 0 Å². The molecule has 3 heterocycles. The molecule has 0 bridgehead atoms. The van der Waals surface area contributed by atoms with Crippen LogP contribution in [0.4, 0.5) is 5.13 Å². The van der Waals surface area contributed by atoms with Crippen molar-refractivity contribution in [2.24, 2.45) is 12.2 Å². The molecular weight excluding hydrogens is 558 g/mol. The van der Waals surface area contributed by atoms with Gasteiger partial charge in [-0.3, -0.25) is 19.2 Å². The fourth-order valence-corrected chi connectivity index (χ4v) is 3.34. The fraction of sp³-hybridized carbons (Fsp3) is 0.381. The molecule has 8 N–H and O–H groups in total. The summed E-state index contributed by atoms with van der Waals surface area (Å²) in [5, 5.41) is 31.4. The number of oxime groups is 1. The zero-order valence-electron chi connectivity index (χ0n) is 21.2. The second-order valence-corrected chi connectivity index (χ2v) is 9.15. The number of thiol groups is 1. The lowest BCUT2D eigenvalue weighted by atomic mass is 9.99. The third-order valence-corrected chi connectivity index (χ3v) is 5.68. The SMILES string of the molecule is C/C(=N\OC(C)(C)C(=O)O)c1csc(N)n1.Cn1cc(O)c(=O)cc1C(=O)NCC1NC(=O)C1NC=O.OS. The second-order valence-electron chi connectivity index (χ2n) is 8.26. The Morgan fingerprint density at radius 1 is 1.38 bits per heavy atom. The maximum Gasteiger partial charge on any atom is 0.350 e. The summed E-state index contributed by atoms with van der Waals surface area (Å²) in [6.07, 6.45) is 1.56. The molecule has 0 spiro atoms. The zero-order valence-corrected chi connectivity index (χ0v) is 22.9. The summed E-state index contributed by atoms with van der Waals surface area (Å²) >= 11 is 3.81. The van der Waals surface area contributed by atoms with Crippen LogP contribution in [0.5, 0.6) is 5.75 Å². The lowest BCUT2D eigenvalue weighted by Gasteiger charge is -2.36. The summed E-state index contributed by atoms with van der Waals surface area (Å²) in [6.45, 7) is 4.61. The van der Waals surface area contributed by atoms with Gasteiger partial charge in [0.1, 0.15) is 23.1 Å². The molecular formula is C21H29N7O9S2. The van der Waals surface area contributed by atoms with Gasteiger partial charge in [-0.15, -0.1) is 11.3 Å². The molecule has 3 amide bonds. The van der Waals surface area contributed by atoms with Gasteiger partial charge in [-0.2, -0.15) is 0 Å². The standard InChI is InChI=1S/C12H14N4O5.C9H13N3O3S.H2OS/c1-16-4-9(19)8(18)2-7(16)11(20)13-3-6-10(14-5-17)12(21)15-6;1-5(6-4-16-8(10)11-6)12-15-9(2,3)7(13)14;1-2/h2,4-6,10,19H,3H2,1H3,(H,13,20)(H,14,17)(H,15,21);4H,1-3H3,(H2,10,11)(H,13,14);1-2H/b;12-5+;. The first-order valence-corrected chi connectivity index (χ1v) is 12.1. The topological polar surface area (TPSA) is 248 Å². The van der Waals surface area contributed by atoms with Gasteiger partial charge in [-0.1, -0.05) is 5.16 Å². The maximum atomic E-state index is 12.0. The number of carbonyl (C=O) groups excluding carboxylic acids is 3. The number of nitrogens with two attached hydrogens (primary N) is 1. The van der Waals surface area contributed by atoms with Crippen molar-refractivity contribution in [3.8, 4) is 5.75 Å². The van der Waals surface area contributed by atoms with E-state index in [2.05, 4.69) is 39.0 Å². The fourth-order valence-electron chi connectivity index (χ4n) is 2.73. The molecule has 3 rings (SSSR count). The summed E-state index contributed by atoms with van der Waals surface area (Å²) in [4.78, 5) is 64.5. The Bertz CT molecular complexity index is 1280. The molecule has 1 aliphatic rings. The van der Waals surface area contributed by atoms with Crippen LogP contribution in [0.15, 0.2) is 27.6 Å². The van der Waals surface area contributed by atoms with Crippen molar-refractivity contribution in [2.75, 3.05) is 12.3 Å². The zero-order chi connectivity index (χ0) is 29.9. The van der Waals surface area contributed by atoms with E-state index >= 15 is 0 Å². The van der Waals surface area contributed by atoms with Gasteiger partial charge in [-0.05, 0) is 33.7 Å². The van der Waals surface area contributed by atoms with E-state index in [9.17, 15) is 29.1 Å². The molecule has 0 aliphatic carbocycles. The van der Waals surface area contributed by atoms with Crippen LogP contribution >= 0.6 is 24.2 Å². The number of carbonyl (C=O) groups is 4. The van der Waals surface area contributed by atoms with E-state index in [-0.39, 0.29) is 18.1 Å². The lowest BCUT2D eigenvalue weighted by molar-refractivity contribution is -0.161. The smallest absolute Gasteiger partial charge is 0.350 e. The van der Waals surface area contributed by atoms with Crippen LogP contribution in [0.25, 0.3) is 0 Å². The summed E-state index contributed by atoms with van der Waals surface area (Å²) in [5.74, 6) is -2.38. The first-order valence-electron chi connectivity index (χ1n) is 10.8. The summed E-state index contributed by atoms with van der Waals surface area (Å²) < 4.78 is 8.01. The predicted molar refractivity (Wildman–Crippen MR) is 144 cm³/mol. The number of hydrogen-bond donors (Lipinski definition) is 8. The highest BCUT2D eigenvalue weighted by Crippen LogP contribution is 2.14. The van der Waals surface area contributed by atoms with E-state index in [0.717, 1.165) is 12.3 Å². The van der Waals surface area contributed by atoms with Gasteiger partial charge in [0.05, 0.1) is 12.2 Å². The van der Waals surface area contributed by atoms with Crippen LogP contribution in [-0.2, 0) is 26.3 Å². The number of aromatic hydroxyl groups is 1. The lowest BCUT2D eigenvalue weighted by Crippen LogP contribution is -2.70. The Kier molecular flexibility index (Phi) is 12.4. The number of carboxylic acids is 1. The maximum absolute atomic E-state index is 12.0. The van der Waals surface area contributed by atoms with Crippen molar-refractivity contribution in [3.63, 3.8) is 0 Å². The molecule has 0 aromatic carbocycles. The average molecular weight is 588 g/mol. The van der Waals surface area contributed by atoms with Crippen LogP contribution in [0.3, 0.4) is 0 Å². The number of carboxylic acid groups (broad SMARTS) is 1. The van der Waals surface area contributed by atoms with Gasteiger partial charge in [0.25, 0.3) is 5.91 Å². The third kappa shape index (κ3) is 9.27. The number of pyridine rings is 1. The Morgan fingerprint density at radius 3 is 2.54 bits per heavy atom. The first-order chi connectivity index (χ1) is 18.3. The monoisotopic (exact) mass is 587 g/mol. The molecule has 214 valence electrons. The second kappa shape index (κ2) is 14.7. The number of rotatable bonds is 9. The van der Waals surface area contributed by atoms with Crippen molar-refractivity contribution >= 4 is 59.3 Å². The molecule has 2 aromatic rings. The number of nitrogen functional groups attached to an aromatic ring is 1. The third-order valence-electron chi connectivity index (χ3n) is 5.01. The van der Waals surface area contributed by atoms with Gasteiger partial charge in [-0.25, -0.2) is 9.78 Å². The van der Waals surface area contributed by atoms with Gasteiger partial charge in [0.15, 0.2) is 10.9 Å². The van der Waals surface area contributed by atoms with Gasteiger partial charge >= 0.3 is 5.97 Å². The first kappa shape index (κ1) is 32.9. The molecule has 2 unspecified atom stereocenters. The van der Waals surface area contributed by atoms with Gasteiger partial charge < -0.3 is 45.9 Å². The molecule has 16 nitrogen and oxygen atoms in total. The van der Waals surface area contributed by atoms with Crippen molar-refractivity contribution in [1.82, 2.24) is 25.5 Å². The van der Waals surface area contributed by atoms with Crippen LogP contribution in [0.1, 0.15) is 37.0 Å². The number of anilines is 1. The van der Waals surface area contributed by atoms with Crippen LogP contribution in [0.2, 0.25) is 0 Å². The number of nitrogens with one attached hydrogen (secondary N) is 3. The summed E-state index contributed by atoms with van der Waals surface area (Å²) in [7, 11) is 1.51. The predicted octanol–water partition coefficient (Wildman–Crippen LogP) is -0.848. The minimum atomic E-state index is -1.36. The van der Waals surface area contributed by atoms with Crippen molar-refractivity contribution in [3.05, 3.63) is 39.3 Å². The highest BCUT2D eigenvalue weighted by Gasteiger charge is 2.39. The Labute approximate surface area is 231 Å². The number of β-lactam (4-membered cyclic amide) rings is 1. The molecule has 0 radical (unpaired) electrons. The Morgan fingerprint density at radius 2 is 2.03 bits per heavy atom. The average Bonchev–Trinajstić information content (AvgIpc) is 3.33. The van der Waals surface area contributed by atoms with Crippen LogP contribution in [0, 0.1) is 0 Å². The van der Waals surface area contributed by atoms with Gasteiger partial charge in [0, 0.05) is 25.0 Å². The van der Waals surface area contributed by atoms with E-state index in [1.807, 2.05) is 0 Å². The quantitative estimate of drug-likeness (QED) is 0.0448. The summed E-state index contributed by atoms with van der Waals surface area (Å²) in [6, 6.07) is -0.0576. The van der Waals surface area contributed by atoms with Crippen molar-refractivity contribution < 1.29 is 38.8 Å². The molecule has 2 atom stereocenters. The molecule has 39 heavy (non-hydrogen) atoms. The van der Waals surface area contributed by atoms with Crippen LogP contribution in [-0.4, -0.2) is 78.5 Å². The normalized spacial score (nSPS) is 16.2. The largest absolute Gasteiger partial charge is 0.503 e. The number of aryl methyl sites for hydroxylation is 1. The molecule has 2 aromatic heterocycles. The number of amides is 3. The van der Waals surface area contributed by atoms with E-state index in [1.165, 1.54) is 36.8 Å². The van der Waals surface area contributed by atoms with Gasteiger partial charge in [0.2, 0.25) is 23.3 Å².